The van der Waals surface area contributed by atoms with Gasteiger partial charge in [0, 0.05) is 50.6 Å². The first kappa shape index (κ1) is 20.4. The Hall–Kier alpha value is -1.92. The highest BCUT2D eigenvalue weighted by molar-refractivity contribution is 5.94. The van der Waals surface area contributed by atoms with Gasteiger partial charge >= 0.3 is 5.97 Å². The number of Topliss-reactive ketones (excluding diaryl/α,β-unsaturated/α-hetero) is 1. The average molecular weight is 362 g/mol. The zero-order chi connectivity index (χ0) is 18.9. The van der Waals surface area contributed by atoms with Crippen LogP contribution in [-0.2, 0) is 14.3 Å². The van der Waals surface area contributed by atoms with Gasteiger partial charge in [-0.05, 0) is 45.0 Å². The van der Waals surface area contributed by atoms with Crippen LogP contribution in [0.4, 0.5) is 5.69 Å². The van der Waals surface area contributed by atoms with Crippen molar-refractivity contribution >= 4 is 17.4 Å². The fourth-order valence-corrected chi connectivity index (χ4v) is 3.00. The van der Waals surface area contributed by atoms with Gasteiger partial charge in [0.15, 0.2) is 5.78 Å². The lowest BCUT2D eigenvalue weighted by Crippen LogP contribution is -2.47. The van der Waals surface area contributed by atoms with E-state index in [2.05, 4.69) is 9.80 Å². The van der Waals surface area contributed by atoms with Crippen LogP contribution in [0.25, 0.3) is 0 Å². The highest BCUT2D eigenvalue weighted by Crippen LogP contribution is 2.17. The van der Waals surface area contributed by atoms with Gasteiger partial charge in [-0.15, -0.1) is 0 Å². The molecule has 0 bridgehead atoms. The van der Waals surface area contributed by atoms with Crippen molar-refractivity contribution in [2.75, 3.05) is 50.8 Å². The van der Waals surface area contributed by atoms with Gasteiger partial charge in [0.2, 0.25) is 0 Å². The van der Waals surface area contributed by atoms with E-state index in [1.807, 2.05) is 38.1 Å². The number of rotatable bonds is 9. The molecule has 0 amide bonds. The molecule has 1 aromatic rings. The monoisotopic (exact) mass is 362 g/mol. The van der Waals surface area contributed by atoms with Gasteiger partial charge in [0.05, 0.1) is 12.5 Å². The molecule has 1 aliphatic rings. The van der Waals surface area contributed by atoms with Gasteiger partial charge in [-0.2, -0.15) is 0 Å². The molecule has 0 radical (unpaired) electrons. The number of carbonyl (C=O) groups is 2. The molecule has 1 aromatic carbocycles. The molecule has 2 rings (SSSR count). The zero-order valence-electron chi connectivity index (χ0n) is 16.1. The Bertz CT molecular complexity index is 580. The van der Waals surface area contributed by atoms with E-state index >= 15 is 0 Å². The molecular formula is C20H30N2O4. The molecule has 1 saturated heterocycles. The van der Waals surface area contributed by atoms with Gasteiger partial charge in [0.1, 0.15) is 6.61 Å². The maximum atomic E-state index is 11.8. The number of anilines is 1. The highest BCUT2D eigenvalue weighted by Gasteiger charge is 2.18. The Balaban J connectivity index is 1.68. The van der Waals surface area contributed by atoms with Crippen molar-refractivity contribution in [2.24, 2.45) is 0 Å². The Kier molecular flexibility index (Phi) is 8.06. The third kappa shape index (κ3) is 6.42. The maximum Gasteiger partial charge on any atom is 0.307 e. The standard InChI is InChI=1S/C20H30N2O4/c1-4-25-16(2)15-26-20(24)9-10-21-11-13-22(14-12-21)19-7-5-18(6-8-19)17(3)23/h5-8,16H,4,9-15H2,1-3H3. The third-order valence-corrected chi connectivity index (χ3v) is 4.57. The molecule has 144 valence electrons. The molecule has 6 nitrogen and oxygen atoms in total. The van der Waals surface area contributed by atoms with E-state index in [9.17, 15) is 9.59 Å². The van der Waals surface area contributed by atoms with E-state index in [1.54, 1.807) is 6.92 Å². The first-order chi connectivity index (χ1) is 12.5. The molecule has 1 heterocycles. The van der Waals surface area contributed by atoms with Crippen LogP contribution in [-0.4, -0.2) is 68.7 Å². The lowest BCUT2D eigenvalue weighted by Gasteiger charge is -2.36. The van der Waals surface area contributed by atoms with Gasteiger partial charge in [-0.25, -0.2) is 0 Å². The second-order valence-corrected chi connectivity index (χ2v) is 6.63. The molecule has 1 atom stereocenters. The van der Waals surface area contributed by atoms with Crippen LogP contribution in [0.3, 0.4) is 0 Å². The number of esters is 1. The zero-order valence-corrected chi connectivity index (χ0v) is 16.1. The van der Waals surface area contributed by atoms with E-state index in [1.165, 1.54) is 0 Å². The number of hydrogen-bond acceptors (Lipinski definition) is 6. The van der Waals surface area contributed by atoms with Crippen LogP contribution >= 0.6 is 0 Å². The molecule has 1 fully saturated rings. The Labute approximate surface area is 156 Å². The van der Waals surface area contributed by atoms with Crippen LogP contribution in [0.2, 0.25) is 0 Å². The van der Waals surface area contributed by atoms with Crippen LogP contribution in [0.5, 0.6) is 0 Å². The lowest BCUT2D eigenvalue weighted by molar-refractivity contribution is -0.147. The van der Waals surface area contributed by atoms with Gasteiger partial charge in [-0.1, -0.05) is 0 Å². The van der Waals surface area contributed by atoms with Crippen molar-refractivity contribution < 1.29 is 19.1 Å². The summed E-state index contributed by atoms with van der Waals surface area (Å²) in [7, 11) is 0. The Morgan fingerprint density at radius 1 is 1.12 bits per heavy atom. The summed E-state index contributed by atoms with van der Waals surface area (Å²) >= 11 is 0. The summed E-state index contributed by atoms with van der Waals surface area (Å²) in [5, 5.41) is 0. The second-order valence-electron chi connectivity index (χ2n) is 6.63. The van der Waals surface area contributed by atoms with Crippen molar-refractivity contribution in [3.63, 3.8) is 0 Å². The summed E-state index contributed by atoms with van der Waals surface area (Å²) in [4.78, 5) is 27.8. The lowest BCUT2D eigenvalue weighted by atomic mass is 10.1. The van der Waals surface area contributed by atoms with E-state index < -0.39 is 0 Å². The van der Waals surface area contributed by atoms with Crippen LogP contribution in [0.1, 0.15) is 37.6 Å². The van der Waals surface area contributed by atoms with Crippen molar-refractivity contribution in [3.05, 3.63) is 29.8 Å². The topological polar surface area (TPSA) is 59.1 Å². The van der Waals surface area contributed by atoms with Gasteiger partial charge in [-0.3, -0.25) is 14.5 Å². The summed E-state index contributed by atoms with van der Waals surface area (Å²) in [5.41, 5.74) is 1.88. The quantitative estimate of drug-likeness (QED) is 0.497. The summed E-state index contributed by atoms with van der Waals surface area (Å²) in [6, 6.07) is 7.76. The molecule has 6 heteroatoms. The minimum Gasteiger partial charge on any atom is -0.463 e. The fourth-order valence-electron chi connectivity index (χ4n) is 3.00. The van der Waals surface area contributed by atoms with E-state index in [-0.39, 0.29) is 17.9 Å². The predicted molar refractivity (Wildman–Crippen MR) is 102 cm³/mol. The summed E-state index contributed by atoms with van der Waals surface area (Å²) in [6.07, 6.45) is 0.355. The summed E-state index contributed by atoms with van der Waals surface area (Å²) in [5.74, 6) is -0.0808. The van der Waals surface area contributed by atoms with Crippen molar-refractivity contribution in [3.8, 4) is 0 Å². The van der Waals surface area contributed by atoms with E-state index in [4.69, 9.17) is 9.47 Å². The largest absolute Gasteiger partial charge is 0.463 e. The van der Waals surface area contributed by atoms with Crippen LogP contribution in [0.15, 0.2) is 24.3 Å². The van der Waals surface area contributed by atoms with E-state index in [0.717, 1.165) is 44.0 Å². The number of nitrogens with zero attached hydrogens (tertiary/aromatic N) is 2. The minimum absolute atomic E-state index is 0.0538. The number of hydrogen-bond donors (Lipinski definition) is 0. The van der Waals surface area contributed by atoms with Gasteiger partial charge < -0.3 is 14.4 Å². The second kappa shape index (κ2) is 10.3. The molecule has 1 aliphatic heterocycles. The third-order valence-electron chi connectivity index (χ3n) is 4.57. The number of piperazine rings is 1. The van der Waals surface area contributed by atoms with Crippen molar-refractivity contribution in [1.29, 1.82) is 0 Å². The molecule has 0 N–H and O–H groups in total. The molecule has 0 aliphatic carbocycles. The van der Waals surface area contributed by atoms with Crippen LogP contribution in [0, 0.1) is 0 Å². The first-order valence-corrected chi connectivity index (χ1v) is 9.35. The smallest absolute Gasteiger partial charge is 0.307 e. The van der Waals surface area contributed by atoms with Crippen molar-refractivity contribution in [1.82, 2.24) is 4.90 Å². The van der Waals surface area contributed by atoms with Crippen LogP contribution < -0.4 is 4.90 Å². The number of benzene rings is 1. The molecular weight excluding hydrogens is 332 g/mol. The first-order valence-electron chi connectivity index (χ1n) is 9.35. The molecule has 0 aromatic heterocycles. The normalized spacial score (nSPS) is 16.3. The Morgan fingerprint density at radius 3 is 2.35 bits per heavy atom. The molecule has 1 unspecified atom stereocenters. The summed E-state index contributed by atoms with van der Waals surface area (Å²) < 4.78 is 10.6. The predicted octanol–water partition coefficient (Wildman–Crippen LogP) is 2.37. The fraction of sp³-hybridized carbons (Fsp3) is 0.600. The average Bonchev–Trinajstić information content (AvgIpc) is 2.65. The minimum atomic E-state index is -0.168. The van der Waals surface area contributed by atoms with Gasteiger partial charge in [0.25, 0.3) is 0 Å². The maximum absolute atomic E-state index is 11.8. The number of carbonyl (C=O) groups excluding carboxylic acids is 2. The highest BCUT2D eigenvalue weighted by atomic mass is 16.6. The van der Waals surface area contributed by atoms with Crippen molar-refractivity contribution in [2.45, 2.75) is 33.3 Å². The SMILES string of the molecule is CCOC(C)COC(=O)CCN1CCN(c2ccc(C(C)=O)cc2)CC1. The molecule has 0 saturated carbocycles. The molecule has 26 heavy (non-hydrogen) atoms. The molecule has 0 spiro atoms. The number of ether oxygens (including phenoxy) is 2. The summed E-state index contributed by atoms with van der Waals surface area (Å²) in [6.45, 7) is 10.7. The number of ketones is 1. The Morgan fingerprint density at radius 2 is 1.77 bits per heavy atom. The van der Waals surface area contributed by atoms with E-state index in [0.29, 0.717) is 19.6 Å².